The molecule has 2 aromatic heterocycles. The number of anilines is 1. The van der Waals surface area contributed by atoms with Gasteiger partial charge >= 0.3 is 0 Å². The molecular weight excluding hydrogens is 358 g/mol. The molecule has 0 saturated carbocycles. The quantitative estimate of drug-likeness (QED) is 0.702. The van der Waals surface area contributed by atoms with Gasteiger partial charge < -0.3 is 9.32 Å². The second-order valence-electron chi connectivity index (χ2n) is 6.13. The summed E-state index contributed by atoms with van der Waals surface area (Å²) in [6.45, 7) is 5.77. The van der Waals surface area contributed by atoms with Gasteiger partial charge in [-0.3, -0.25) is 0 Å². The molecule has 0 radical (unpaired) electrons. The number of fused-ring (bicyclic) bond motifs is 1. The number of para-hydroxylation sites is 2. The maximum absolute atomic E-state index is 12.9. The molecular formula is C17H19N3O3S2. The van der Waals surface area contributed by atoms with Crippen molar-refractivity contribution in [3.05, 3.63) is 40.1 Å². The zero-order valence-electron chi connectivity index (χ0n) is 14.1. The molecule has 1 aliphatic heterocycles. The molecule has 0 bridgehead atoms. The summed E-state index contributed by atoms with van der Waals surface area (Å²) in [7, 11) is -3.44. The number of aromatic nitrogens is 1. The van der Waals surface area contributed by atoms with Crippen LogP contribution in [-0.2, 0) is 10.0 Å². The molecule has 0 spiro atoms. The molecule has 0 unspecified atom stereocenters. The molecule has 132 valence electrons. The van der Waals surface area contributed by atoms with Crippen molar-refractivity contribution in [2.24, 2.45) is 0 Å². The Bertz CT molecular complexity index is 982. The Morgan fingerprint density at radius 1 is 1.12 bits per heavy atom. The minimum atomic E-state index is -3.44. The van der Waals surface area contributed by atoms with E-state index in [9.17, 15) is 8.42 Å². The summed E-state index contributed by atoms with van der Waals surface area (Å²) in [5.74, 6) is 0. The average Bonchev–Trinajstić information content (AvgIpc) is 3.18. The van der Waals surface area contributed by atoms with E-state index in [0.717, 1.165) is 20.9 Å². The van der Waals surface area contributed by atoms with Crippen LogP contribution in [0.1, 0.15) is 9.75 Å². The molecule has 3 heterocycles. The summed E-state index contributed by atoms with van der Waals surface area (Å²) < 4.78 is 33.1. The summed E-state index contributed by atoms with van der Waals surface area (Å²) in [5, 5.41) is 0. The summed E-state index contributed by atoms with van der Waals surface area (Å²) in [5.41, 5.74) is 1.56. The first-order valence-electron chi connectivity index (χ1n) is 8.13. The normalized spacial score (nSPS) is 16.6. The SMILES string of the molecule is Cc1cc(S(=O)(=O)N2CCN(c3nc4ccccc4o3)CC2)c(C)s1. The summed E-state index contributed by atoms with van der Waals surface area (Å²) >= 11 is 1.52. The predicted molar refractivity (Wildman–Crippen MR) is 98.8 cm³/mol. The van der Waals surface area contributed by atoms with E-state index in [1.54, 1.807) is 10.4 Å². The van der Waals surface area contributed by atoms with Crippen LogP contribution in [0.2, 0.25) is 0 Å². The van der Waals surface area contributed by atoms with Gasteiger partial charge in [-0.25, -0.2) is 8.42 Å². The van der Waals surface area contributed by atoms with Crippen LogP contribution in [0, 0.1) is 13.8 Å². The number of hydrogen-bond acceptors (Lipinski definition) is 6. The van der Waals surface area contributed by atoms with E-state index in [0.29, 0.717) is 37.1 Å². The van der Waals surface area contributed by atoms with Crippen molar-refractivity contribution in [2.45, 2.75) is 18.7 Å². The van der Waals surface area contributed by atoms with Crippen LogP contribution in [0.25, 0.3) is 11.1 Å². The highest BCUT2D eigenvalue weighted by atomic mass is 32.2. The average molecular weight is 377 g/mol. The third kappa shape index (κ3) is 2.94. The molecule has 1 fully saturated rings. The fourth-order valence-electron chi connectivity index (χ4n) is 3.12. The van der Waals surface area contributed by atoms with Crippen LogP contribution in [0.5, 0.6) is 0 Å². The van der Waals surface area contributed by atoms with Crippen molar-refractivity contribution in [1.29, 1.82) is 0 Å². The molecule has 1 aromatic carbocycles. The Balaban J connectivity index is 1.52. The van der Waals surface area contributed by atoms with Gasteiger partial charge in [0.1, 0.15) is 5.52 Å². The van der Waals surface area contributed by atoms with Crippen LogP contribution >= 0.6 is 11.3 Å². The highest BCUT2D eigenvalue weighted by Crippen LogP contribution is 2.29. The molecule has 1 aliphatic rings. The second-order valence-corrected chi connectivity index (χ2v) is 9.50. The van der Waals surface area contributed by atoms with Crippen LogP contribution in [0.4, 0.5) is 6.01 Å². The molecule has 0 amide bonds. The Morgan fingerprint density at radius 2 is 1.84 bits per heavy atom. The van der Waals surface area contributed by atoms with E-state index < -0.39 is 10.0 Å². The topological polar surface area (TPSA) is 66.7 Å². The van der Waals surface area contributed by atoms with E-state index in [2.05, 4.69) is 4.98 Å². The number of oxazole rings is 1. The van der Waals surface area contributed by atoms with Gasteiger partial charge in [0.15, 0.2) is 5.58 Å². The number of benzene rings is 1. The lowest BCUT2D eigenvalue weighted by Crippen LogP contribution is -2.48. The number of rotatable bonds is 3. The van der Waals surface area contributed by atoms with Gasteiger partial charge in [-0.2, -0.15) is 9.29 Å². The number of aryl methyl sites for hydroxylation is 2. The molecule has 0 atom stereocenters. The molecule has 0 N–H and O–H groups in total. The third-order valence-corrected chi connectivity index (χ3v) is 7.52. The molecule has 8 heteroatoms. The summed E-state index contributed by atoms with van der Waals surface area (Å²) in [6.07, 6.45) is 0. The van der Waals surface area contributed by atoms with E-state index in [4.69, 9.17) is 4.42 Å². The fourth-order valence-corrected chi connectivity index (χ4v) is 6.06. The Labute approximate surface area is 150 Å². The number of hydrogen-bond donors (Lipinski definition) is 0. The van der Waals surface area contributed by atoms with Crippen molar-refractivity contribution in [3.63, 3.8) is 0 Å². The number of nitrogens with zero attached hydrogens (tertiary/aromatic N) is 3. The van der Waals surface area contributed by atoms with Crippen LogP contribution in [0.15, 0.2) is 39.6 Å². The predicted octanol–water partition coefficient (Wildman–Crippen LogP) is 3.02. The van der Waals surface area contributed by atoms with Gasteiger partial charge in [-0.05, 0) is 32.0 Å². The Morgan fingerprint density at radius 3 is 2.48 bits per heavy atom. The third-order valence-electron chi connectivity index (χ3n) is 4.41. The number of thiophene rings is 1. The summed E-state index contributed by atoms with van der Waals surface area (Å²) in [4.78, 5) is 8.79. The minimum absolute atomic E-state index is 0.426. The molecule has 1 saturated heterocycles. The molecule has 6 nitrogen and oxygen atoms in total. The Kier molecular flexibility index (Phi) is 4.05. The fraction of sp³-hybridized carbons (Fsp3) is 0.353. The highest BCUT2D eigenvalue weighted by Gasteiger charge is 2.31. The van der Waals surface area contributed by atoms with Crippen LogP contribution < -0.4 is 4.90 Å². The zero-order valence-corrected chi connectivity index (χ0v) is 15.7. The molecule has 3 aromatic rings. The van der Waals surface area contributed by atoms with E-state index in [1.807, 2.05) is 43.0 Å². The lowest BCUT2D eigenvalue weighted by Gasteiger charge is -2.33. The standard InChI is InChI=1S/C17H19N3O3S2/c1-12-11-16(13(2)24-12)25(21,22)20-9-7-19(8-10-20)17-18-14-5-3-4-6-15(14)23-17/h3-6,11H,7-10H2,1-2H3. The van der Waals surface area contributed by atoms with Crippen molar-refractivity contribution in [1.82, 2.24) is 9.29 Å². The maximum Gasteiger partial charge on any atom is 0.298 e. The molecule has 4 rings (SSSR count). The van der Waals surface area contributed by atoms with E-state index >= 15 is 0 Å². The minimum Gasteiger partial charge on any atom is -0.423 e. The van der Waals surface area contributed by atoms with Gasteiger partial charge in [0.05, 0.1) is 4.90 Å². The highest BCUT2D eigenvalue weighted by molar-refractivity contribution is 7.89. The second kappa shape index (κ2) is 6.12. The number of piperazine rings is 1. The maximum atomic E-state index is 12.9. The van der Waals surface area contributed by atoms with Gasteiger partial charge in [-0.15, -0.1) is 11.3 Å². The largest absolute Gasteiger partial charge is 0.423 e. The summed E-state index contributed by atoms with van der Waals surface area (Å²) in [6, 6.07) is 9.94. The monoisotopic (exact) mass is 377 g/mol. The van der Waals surface area contributed by atoms with E-state index in [1.165, 1.54) is 11.3 Å². The lowest BCUT2D eigenvalue weighted by molar-refractivity contribution is 0.373. The van der Waals surface area contributed by atoms with Gasteiger partial charge in [-0.1, -0.05) is 12.1 Å². The molecule has 25 heavy (non-hydrogen) atoms. The lowest BCUT2D eigenvalue weighted by atomic mass is 10.3. The zero-order chi connectivity index (χ0) is 17.6. The smallest absolute Gasteiger partial charge is 0.298 e. The number of sulfonamides is 1. The first-order valence-corrected chi connectivity index (χ1v) is 10.4. The first-order chi connectivity index (χ1) is 11.9. The van der Waals surface area contributed by atoms with Crippen molar-refractivity contribution >= 4 is 38.5 Å². The van der Waals surface area contributed by atoms with Crippen molar-refractivity contribution in [2.75, 3.05) is 31.1 Å². The van der Waals surface area contributed by atoms with Gasteiger partial charge in [0.25, 0.3) is 6.01 Å². The van der Waals surface area contributed by atoms with Gasteiger partial charge in [0, 0.05) is 35.9 Å². The Hall–Kier alpha value is -1.90. The van der Waals surface area contributed by atoms with Crippen molar-refractivity contribution < 1.29 is 12.8 Å². The van der Waals surface area contributed by atoms with Gasteiger partial charge in [0.2, 0.25) is 10.0 Å². The molecule has 0 aliphatic carbocycles. The van der Waals surface area contributed by atoms with Crippen LogP contribution in [0.3, 0.4) is 0 Å². The van der Waals surface area contributed by atoms with Crippen LogP contribution in [-0.4, -0.2) is 43.9 Å². The van der Waals surface area contributed by atoms with E-state index in [-0.39, 0.29) is 0 Å². The first kappa shape index (κ1) is 16.6. The van der Waals surface area contributed by atoms with Crippen molar-refractivity contribution in [3.8, 4) is 0 Å².